The molecule has 1 fully saturated rings. The molecule has 104 valence electrons. The highest BCUT2D eigenvalue weighted by Crippen LogP contribution is 2.22. The smallest absolute Gasteiger partial charge is 0.191 e. The Hall–Kier alpha value is -0.840. The second kappa shape index (κ2) is 8.29. The van der Waals surface area contributed by atoms with Gasteiger partial charge in [-0.25, -0.2) is 0 Å². The van der Waals surface area contributed by atoms with E-state index in [1.54, 1.807) is 7.05 Å². The number of rotatable bonds is 5. The Morgan fingerprint density at radius 2 is 2.33 bits per heavy atom. The van der Waals surface area contributed by atoms with Gasteiger partial charge in [0.05, 0.1) is 0 Å². The van der Waals surface area contributed by atoms with Crippen LogP contribution in [0.1, 0.15) is 32.6 Å². The first-order chi connectivity index (χ1) is 8.71. The van der Waals surface area contributed by atoms with Gasteiger partial charge in [-0.05, 0) is 19.3 Å². The quantitative estimate of drug-likeness (QED) is 0.452. The number of hydrogen-bond donors (Lipinski definition) is 2. The summed E-state index contributed by atoms with van der Waals surface area (Å²) in [6, 6.07) is 0.385. The van der Waals surface area contributed by atoms with E-state index >= 15 is 0 Å². The monoisotopic (exact) mass is 271 g/mol. The summed E-state index contributed by atoms with van der Waals surface area (Å²) in [5, 5.41) is 6.92. The number of guanidine groups is 1. The fourth-order valence-electron chi connectivity index (χ4n) is 2.31. The lowest BCUT2D eigenvalue weighted by molar-refractivity contribution is 0.414. The van der Waals surface area contributed by atoms with Crippen LogP contribution in [0, 0.1) is 0 Å². The van der Waals surface area contributed by atoms with Gasteiger partial charge in [0.2, 0.25) is 0 Å². The van der Waals surface area contributed by atoms with Crippen LogP contribution >= 0.6 is 0 Å². The topological polar surface area (TPSA) is 53.5 Å². The van der Waals surface area contributed by atoms with Gasteiger partial charge in [-0.1, -0.05) is 19.4 Å². The van der Waals surface area contributed by atoms with Gasteiger partial charge in [-0.15, -0.1) is 6.58 Å². The van der Waals surface area contributed by atoms with Crippen LogP contribution in [-0.2, 0) is 10.8 Å². The molecule has 0 spiro atoms. The van der Waals surface area contributed by atoms with Crippen molar-refractivity contribution in [3.05, 3.63) is 12.7 Å². The molecule has 4 nitrogen and oxygen atoms in total. The summed E-state index contributed by atoms with van der Waals surface area (Å²) in [5.74, 6) is 1.57. The van der Waals surface area contributed by atoms with Gasteiger partial charge in [-0.3, -0.25) is 9.20 Å². The molecule has 0 heterocycles. The summed E-state index contributed by atoms with van der Waals surface area (Å²) in [6.07, 6.45) is 6.16. The van der Waals surface area contributed by atoms with Crippen molar-refractivity contribution in [1.29, 1.82) is 0 Å². The molecule has 1 rings (SSSR count). The summed E-state index contributed by atoms with van der Waals surface area (Å²) < 4.78 is 11.9. The molecular formula is C13H25N3OS. The van der Waals surface area contributed by atoms with Crippen molar-refractivity contribution in [2.75, 3.05) is 19.3 Å². The average molecular weight is 271 g/mol. The van der Waals surface area contributed by atoms with Crippen LogP contribution in [-0.4, -0.2) is 40.8 Å². The highest BCUT2D eigenvalue weighted by Gasteiger charge is 2.25. The molecule has 18 heavy (non-hydrogen) atoms. The summed E-state index contributed by atoms with van der Waals surface area (Å²) >= 11 is 0. The van der Waals surface area contributed by atoms with Crippen molar-refractivity contribution >= 4 is 16.8 Å². The first-order valence-electron chi connectivity index (χ1n) is 6.66. The lowest BCUT2D eigenvalue weighted by Gasteiger charge is -2.30. The van der Waals surface area contributed by atoms with Crippen LogP contribution in [0.5, 0.6) is 0 Å². The molecule has 1 aliphatic carbocycles. The van der Waals surface area contributed by atoms with Crippen LogP contribution in [0.3, 0.4) is 0 Å². The molecule has 0 radical (unpaired) electrons. The number of hydrogen-bond acceptors (Lipinski definition) is 2. The lowest BCUT2D eigenvalue weighted by atomic mass is 9.95. The van der Waals surface area contributed by atoms with Crippen LogP contribution in [0.15, 0.2) is 17.6 Å². The van der Waals surface area contributed by atoms with E-state index in [0.717, 1.165) is 37.4 Å². The molecule has 0 aromatic rings. The highest BCUT2D eigenvalue weighted by molar-refractivity contribution is 7.85. The van der Waals surface area contributed by atoms with Crippen LogP contribution in [0.4, 0.5) is 0 Å². The largest absolute Gasteiger partial charge is 0.354 e. The number of nitrogens with one attached hydrogen (secondary N) is 2. The minimum absolute atomic E-state index is 0.346. The van der Waals surface area contributed by atoms with Gasteiger partial charge in [0.1, 0.15) is 0 Å². The minimum atomic E-state index is -0.673. The van der Waals surface area contributed by atoms with E-state index in [-0.39, 0.29) is 0 Å². The molecule has 0 saturated heterocycles. The molecule has 0 bridgehead atoms. The Bertz CT molecular complexity index is 317. The third-order valence-electron chi connectivity index (χ3n) is 3.26. The molecule has 0 amide bonds. The molecule has 1 aliphatic rings. The second-order valence-corrected chi connectivity index (χ2v) is 6.55. The lowest BCUT2D eigenvalue weighted by Crippen LogP contribution is -2.46. The zero-order valence-electron chi connectivity index (χ0n) is 11.4. The number of nitrogens with zero attached hydrogens (tertiary/aromatic N) is 1. The Labute approximate surface area is 113 Å². The van der Waals surface area contributed by atoms with Gasteiger partial charge in [-0.2, -0.15) is 0 Å². The van der Waals surface area contributed by atoms with E-state index < -0.39 is 10.8 Å². The van der Waals surface area contributed by atoms with Crippen molar-refractivity contribution in [3.63, 3.8) is 0 Å². The van der Waals surface area contributed by atoms with Gasteiger partial charge in [0.25, 0.3) is 0 Å². The zero-order chi connectivity index (χ0) is 13.4. The summed E-state index contributed by atoms with van der Waals surface area (Å²) in [6.45, 7) is 6.38. The third-order valence-corrected chi connectivity index (χ3v) is 5.00. The summed E-state index contributed by atoms with van der Waals surface area (Å²) in [5.41, 5.74) is 0. The van der Waals surface area contributed by atoms with Crippen molar-refractivity contribution in [2.24, 2.45) is 4.99 Å². The van der Waals surface area contributed by atoms with E-state index in [1.807, 2.05) is 13.0 Å². The third kappa shape index (κ3) is 4.80. The van der Waals surface area contributed by atoms with Crippen molar-refractivity contribution < 1.29 is 4.21 Å². The molecule has 0 aliphatic heterocycles. The Morgan fingerprint density at radius 1 is 1.56 bits per heavy atom. The maximum Gasteiger partial charge on any atom is 0.191 e. The molecule has 1 saturated carbocycles. The average Bonchev–Trinajstić information content (AvgIpc) is 2.42. The van der Waals surface area contributed by atoms with Gasteiger partial charge >= 0.3 is 0 Å². The fraction of sp³-hybridized carbons (Fsp3) is 0.769. The predicted molar refractivity (Wildman–Crippen MR) is 79.4 cm³/mol. The SMILES string of the molecule is C=CCNC(=NC)NC1CCCC(S(=O)CC)C1. The van der Waals surface area contributed by atoms with Crippen LogP contribution in [0.25, 0.3) is 0 Å². The van der Waals surface area contributed by atoms with E-state index in [1.165, 1.54) is 0 Å². The van der Waals surface area contributed by atoms with Gasteiger partial charge < -0.3 is 10.6 Å². The fourth-order valence-corrected chi connectivity index (χ4v) is 3.66. The zero-order valence-corrected chi connectivity index (χ0v) is 12.3. The van der Waals surface area contributed by atoms with E-state index in [2.05, 4.69) is 22.2 Å². The summed E-state index contributed by atoms with van der Waals surface area (Å²) in [4.78, 5) is 4.18. The number of aliphatic imine (C=N–C) groups is 1. The van der Waals surface area contributed by atoms with Crippen LogP contribution < -0.4 is 10.6 Å². The first-order valence-corrected chi connectivity index (χ1v) is 8.04. The highest BCUT2D eigenvalue weighted by atomic mass is 32.2. The molecule has 2 N–H and O–H groups in total. The Kier molecular flexibility index (Phi) is 7.01. The predicted octanol–water partition coefficient (Wildman–Crippen LogP) is 1.42. The van der Waals surface area contributed by atoms with Crippen molar-refractivity contribution in [2.45, 2.75) is 43.9 Å². The van der Waals surface area contributed by atoms with E-state index in [0.29, 0.717) is 17.8 Å². The molecular weight excluding hydrogens is 246 g/mol. The maximum atomic E-state index is 11.9. The molecule has 5 heteroatoms. The molecule has 3 unspecified atom stereocenters. The van der Waals surface area contributed by atoms with Gasteiger partial charge in [0, 0.05) is 41.4 Å². The summed E-state index contributed by atoms with van der Waals surface area (Å²) in [7, 11) is 1.09. The van der Waals surface area contributed by atoms with E-state index in [9.17, 15) is 4.21 Å². The molecule has 3 atom stereocenters. The van der Waals surface area contributed by atoms with Crippen molar-refractivity contribution in [1.82, 2.24) is 10.6 Å². The van der Waals surface area contributed by atoms with Crippen LogP contribution in [0.2, 0.25) is 0 Å². The molecule has 0 aromatic heterocycles. The van der Waals surface area contributed by atoms with Crippen molar-refractivity contribution in [3.8, 4) is 0 Å². The Morgan fingerprint density at radius 3 is 2.94 bits per heavy atom. The minimum Gasteiger partial charge on any atom is -0.354 e. The van der Waals surface area contributed by atoms with Gasteiger partial charge in [0.15, 0.2) is 5.96 Å². The second-order valence-electron chi connectivity index (χ2n) is 4.54. The normalized spacial score (nSPS) is 26.4. The standard InChI is InChI=1S/C13H25N3OS/c1-4-9-15-13(14-3)16-11-7-6-8-12(10-11)18(17)5-2/h4,11-12H,1,5-10H2,2-3H3,(H2,14,15,16). The first kappa shape index (κ1) is 15.2. The Balaban J connectivity index is 2.46. The maximum absolute atomic E-state index is 11.9. The van der Waals surface area contributed by atoms with E-state index in [4.69, 9.17) is 0 Å². The molecule has 0 aromatic carbocycles.